The second-order valence-corrected chi connectivity index (χ2v) is 7.53. The Hall–Kier alpha value is -0.970. The molecule has 0 spiro atoms. The van der Waals surface area contributed by atoms with Gasteiger partial charge in [0, 0.05) is 18.0 Å². The number of halogens is 2. The molecule has 0 amide bonds. The number of rotatable bonds is 5. The quantitative estimate of drug-likeness (QED) is 0.828. The Labute approximate surface area is 152 Å². The summed E-state index contributed by atoms with van der Waals surface area (Å²) in [6.07, 6.45) is 5.72. The van der Waals surface area contributed by atoms with Gasteiger partial charge in [0.25, 0.3) is 0 Å². The van der Waals surface area contributed by atoms with E-state index in [2.05, 4.69) is 4.90 Å². The van der Waals surface area contributed by atoms with Gasteiger partial charge in [0.05, 0.1) is 10.0 Å². The van der Waals surface area contributed by atoms with Crippen LogP contribution in [0.15, 0.2) is 18.2 Å². The second-order valence-electron chi connectivity index (χ2n) is 6.71. The van der Waals surface area contributed by atoms with Crippen LogP contribution in [0.5, 0.6) is 5.75 Å². The Bertz CT molecular complexity index is 590. The molecule has 1 saturated carbocycles. The zero-order valence-corrected chi connectivity index (χ0v) is 15.1. The van der Waals surface area contributed by atoms with E-state index in [1.807, 2.05) is 0 Å². The molecule has 1 aromatic rings. The van der Waals surface area contributed by atoms with E-state index in [4.69, 9.17) is 27.9 Å². The third kappa shape index (κ3) is 3.98. The summed E-state index contributed by atoms with van der Waals surface area (Å²) in [4.78, 5) is 14.4. The first kappa shape index (κ1) is 17.8. The molecule has 1 N–H and O–H groups in total. The number of nitrogens with zero attached hydrogens (tertiary/aromatic N) is 1. The highest BCUT2D eigenvalue weighted by Gasteiger charge is 2.40. The zero-order chi connectivity index (χ0) is 17.1. The first-order valence-electron chi connectivity index (χ1n) is 8.65. The number of hydrogen-bond acceptors (Lipinski definition) is 3. The second kappa shape index (κ2) is 7.94. The van der Waals surface area contributed by atoms with Crippen molar-refractivity contribution in [1.82, 2.24) is 4.90 Å². The van der Waals surface area contributed by atoms with Gasteiger partial charge in [-0.15, -0.1) is 0 Å². The van der Waals surface area contributed by atoms with Crippen LogP contribution in [0, 0.1) is 5.92 Å². The number of carboxylic acids is 1. The van der Waals surface area contributed by atoms with Crippen LogP contribution in [-0.2, 0) is 4.79 Å². The van der Waals surface area contributed by atoms with E-state index in [0.717, 1.165) is 38.8 Å². The molecule has 3 atom stereocenters. The van der Waals surface area contributed by atoms with E-state index in [9.17, 15) is 9.90 Å². The van der Waals surface area contributed by atoms with Gasteiger partial charge in [-0.05, 0) is 50.9 Å². The van der Waals surface area contributed by atoms with Crippen molar-refractivity contribution in [3.63, 3.8) is 0 Å². The standard InChI is InChI=1S/C18H23Cl2NO3/c19-14-8-7-12(11-15(14)20)24-17(18(22)23)13-5-1-2-6-16(13)21-9-3-4-10-21/h7-8,11,13,16-17H,1-6,9-10H2,(H,22,23). The van der Waals surface area contributed by atoms with Crippen LogP contribution in [0.25, 0.3) is 0 Å². The van der Waals surface area contributed by atoms with Gasteiger partial charge in [0.1, 0.15) is 5.75 Å². The summed E-state index contributed by atoms with van der Waals surface area (Å²) in [6, 6.07) is 5.20. The molecule has 3 unspecified atom stereocenters. The first-order valence-corrected chi connectivity index (χ1v) is 9.40. The molecule has 24 heavy (non-hydrogen) atoms. The number of hydrogen-bond donors (Lipinski definition) is 1. The van der Waals surface area contributed by atoms with Gasteiger partial charge in [0.15, 0.2) is 6.10 Å². The summed E-state index contributed by atoms with van der Waals surface area (Å²) < 4.78 is 5.87. The fraction of sp³-hybridized carbons (Fsp3) is 0.611. The third-order valence-corrected chi connectivity index (χ3v) is 5.92. The van der Waals surface area contributed by atoms with Crippen LogP contribution in [0.3, 0.4) is 0 Å². The number of likely N-dealkylation sites (tertiary alicyclic amines) is 1. The van der Waals surface area contributed by atoms with Crippen LogP contribution in [0.2, 0.25) is 10.0 Å². The van der Waals surface area contributed by atoms with Gasteiger partial charge in [-0.25, -0.2) is 4.79 Å². The SMILES string of the molecule is O=C(O)C(Oc1ccc(Cl)c(Cl)c1)C1CCCCC1N1CCCC1. The van der Waals surface area contributed by atoms with E-state index in [0.29, 0.717) is 21.8 Å². The number of benzene rings is 1. The van der Waals surface area contributed by atoms with Crippen molar-refractivity contribution in [2.45, 2.75) is 50.7 Å². The van der Waals surface area contributed by atoms with E-state index in [1.165, 1.54) is 12.8 Å². The predicted octanol–water partition coefficient (Wildman–Crippen LogP) is 4.48. The molecule has 1 aliphatic carbocycles. The average molecular weight is 372 g/mol. The summed E-state index contributed by atoms with van der Waals surface area (Å²) in [7, 11) is 0. The van der Waals surface area contributed by atoms with Gasteiger partial charge >= 0.3 is 5.97 Å². The molecule has 6 heteroatoms. The fourth-order valence-corrected chi connectivity index (χ4v) is 4.33. The molecule has 1 aromatic carbocycles. The highest BCUT2D eigenvalue weighted by Crippen LogP contribution is 2.35. The predicted molar refractivity (Wildman–Crippen MR) is 95.1 cm³/mol. The lowest BCUT2D eigenvalue weighted by atomic mass is 9.80. The van der Waals surface area contributed by atoms with Crippen LogP contribution >= 0.6 is 23.2 Å². The molecule has 0 bridgehead atoms. The van der Waals surface area contributed by atoms with Gasteiger partial charge < -0.3 is 9.84 Å². The van der Waals surface area contributed by atoms with Crippen molar-refractivity contribution < 1.29 is 14.6 Å². The van der Waals surface area contributed by atoms with E-state index >= 15 is 0 Å². The van der Waals surface area contributed by atoms with Crippen molar-refractivity contribution in [1.29, 1.82) is 0 Å². The summed E-state index contributed by atoms with van der Waals surface area (Å²) in [5.41, 5.74) is 0. The van der Waals surface area contributed by atoms with Crippen LogP contribution < -0.4 is 4.74 Å². The topological polar surface area (TPSA) is 49.8 Å². The minimum absolute atomic E-state index is 0.00352. The Kier molecular flexibility index (Phi) is 5.90. The molecular weight excluding hydrogens is 349 g/mol. The van der Waals surface area contributed by atoms with Crippen molar-refractivity contribution in [2.24, 2.45) is 5.92 Å². The maximum Gasteiger partial charge on any atom is 0.345 e. The van der Waals surface area contributed by atoms with Crippen molar-refractivity contribution >= 4 is 29.2 Å². The lowest BCUT2D eigenvalue weighted by molar-refractivity contribution is -0.150. The summed E-state index contributed by atoms with van der Waals surface area (Å²) >= 11 is 12.0. The maximum absolute atomic E-state index is 11.9. The van der Waals surface area contributed by atoms with Gasteiger partial charge in [0.2, 0.25) is 0 Å². The monoisotopic (exact) mass is 371 g/mol. The summed E-state index contributed by atoms with van der Waals surface area (Å²) in [5, 5.41) is 10.6. The molecular formula is C18H23Cl2NO3. The van der Waals surface area contributed by atoms with Crippen molar-refractivity contribution in [2.75, 3.05) is 13.1 Å². The molecule has 1 aliphatic heterocycles. The molecule has 3 rings (SSSR count). The number of aliphatic carboxylic acids is 1. The molecule has 4 nitrogen and oxygen atoms in total. The Morgan fingerprint density at radius 2 is 1.83 bits per heavy atom. The Morgan fingerprint density at radius 1 is 1.12 bits per heavy atom. The number of carbonyl (C=O) groups is 1. The summed E-state index contributed by atoms with van der Waals surface area (Å²) in [6.45, 7) is 2.14. The lowest BCUT2D eigenvalue weighted by Gasteiger charge is -2.40. The molecule has 1 saturated heterocycles. The van der Waals surface area contributed by atoms with Crippen LogP contribution in [-0.4, -0.2) is 41.2 Å². The van der Waals surface area contributed by atoms with E-state index in [-0.39, 0.29) is 5.92 Å². The third-order valence-electron chi connectivity index (χ3n) is 5.18. The van der Waals surface area contributed by atoms with E-state index < -0.39 is 12.1 Å². The molecule has 2 aliphatic rings. The summed E-state index contributed by atoms with van der Waals surface area (Å²) in [5.74, 6) is -0.441. The zero-order valence-electron chi connectivity index (χ0n) is 13.6. The van der Waals surface area contributed by atoms with Gasteiger partial charge in [-0.1, -0.05) is 36.0 Å². The molecule has 1 heterocycles. The smallest absolute Gasteiger partial charge is 0.345 e. The maximum atomic E-state index is 11.9. The highest BCUT2D eigenvalue weighted by molar-refractivity contribution is 6.42. The Morgan fingerprint density at radius 3 is 2.50 bits per heavy atom. The lowest BCUT2D eigenvalue weighted by Crippen LogP contribution is -2.49. The molecule has 0 aromatic heterocycles. The number of carboxylic acid groups (broad SMARTS) is 1. The highest BCUT2D eigenvalue weighted by atomic mass is 35.5. The molecule has 132 valence electrons. The van der Waals surface area contributed by atoms with E-state index in [1.54, 1.807) is 18.2 Å². The van der Waals surface area contributed by atoms with Crippen LogP contribution in [0.4, 0.5) is 0 Å². The van der Waals surface area contributed by atoms with Gasteiger partial charge in [-0.2, -0.15) is 0 Å². The minimum Gasteiger partial charge on any atom is -0.478 e. The molecule has 2 fully saturated rings. The number of ether oxygens (including phenoxy) is 1. The average Bonchev–Trinajstić information content (AvgIpc) is 3.10. The van der Waals surface area contributed by atoms with Gasteiger partial charge in [-0.3, -0.25) is 4.90 Å². The molecule has 0 radical (unpaired) electrons. The minimum atomic E-state index is -0.905. The van der Waals surface area contributed by atoms with Crippen molar-refractivity contribution in [3.05, 3.63) is 28.2 Å². The van der Waals surface area contributed by atoms with Crippen LogP contribution in [0.1, 0.15) is 38.5 Å². The normalized spacial score (nSPS) is 26.2. The Balaban J connectivity index is 1.79. The fourth-order valence-electron chi connectivity index (χ4n) is 4.04. The largest absolute Gasteiger partial charge is 0.478 e. The first-order chi connectivity index (χ1) is 11.6. The van der Waals surface area contributed by atoms with Crippen molar-refractivity contribution in [3.8, 4) is 5.75 Å².